The molecule has 0 aliphatic carbocycles. The van der Waals surface area contributed by atoms with Crippen LogP contribution in [0.25, 0.3) is 0 Å². The molecule has 0 nitrogen and oxygen atoms in total. The molecule has 0 bridgehead atoms. The van der Waals surface area contributed by atoms with Crippen LogP contribution < -0.4 is 0 Å². The summed E-state index contributed by atoms with van der Waals surface area (Å²) in [6, 6.07) is 0. The van der Waals surface area contributed by atoms with Gasteiger partial charge < -0.3 is 0 Å². The summed E-state index contributed by atoms with van der Waals surface area (Å²) in [5.74, 6) is 0. The fourth-order valence-corrected chi connectivity index (χ4v) is 0. The zero-order valence-corrected chi connectivity index (χ0v) is 8.29. The van der Waals surface area contributed by atoms with Crippen molar-refractivity contribution in [3.63, 3.8) is 0 Å². The molecule has 4 heavy (non-hydrogen) atoms. The minimum atomic E-state index is -0.000000000000000111. The Kier molecular flexibility index (Phi) is 19.9. The molecular formula is C2H7ClTl. The molecule has 2 heteroatoms. The molecule has 0 aromatic rings. The maximum absolute atomic E-state index is 2.33. The van der Waals surface area contributed by atoms with E-state index in [9.17, 15) is 0 Å². The fourth-order valence-electron chi connectivity index (χ4n) is 0. The standard InChI is InChI=1S/2CH3.ClH.Tl/h2*1H3;1H;. The third-order valence-corrected chi connectivity index (χ3v) is 0. The van der Waals surface area contributed by atoms with Crippen molar-refractivity contribution in [2.75, 3.05) is 0 Å². The van der Waals surface area contributed by atoms with Gasteiger partial charge in [-0.2, -0.15) is 0 Å². The van der Waals surface area contributed by atoms with E-state index in [-0.39, 0.29) is 36.6 Å². The van der Waals surface area contributed by atoms with E-state index in [1.807, 2.05) is 0 Å². The molecule has 0 saturated heterocycles. The summed E-state index contributed by atoms with van der Waals surface area (Å²) in [4.78, 5) is 0. The zero-order chi connectivity index (χ0) is 2.71. The molecule has 0 atom stereocenters. The van der Waals surface area contributed by atoms with Gasteiger partial charge in [0.1, 0.15) is 0 Å². The summed E-state index contributed by atoms with van der Waals surface area (Å²) >= 11 is -0.000000000000000111. The molecule has 0 fully saturated rings. The number of hydrogen-bond acceptors (Lipinski definition) is 0. The van der Waals surface area contributed by atoms with Gasteiger partial charge in [0.2, 0.25) is 0 Å². The Bertz CT molecular complexity index is 6.00. The summed E-state index contributed by atoms with van der Waals surface area (Å²) in [5.41, 5.74) is 0. The average molecular weight is 271 g/mol. The Labute approximate surface area is 45.6 Å². The van der Waals surface area contributed by atoms with Crippen LogP contribution >= 0.6 is 12.4 Å². The first-order valence-electron chi connectivity index (χ1n) is 1.15. The van der Waals surface area contributed by atoms with Gasteiger partial charge in [-0.1, -0.05) is 0 Å². The summed E-state index contributed by atoms with van der Waals surface area (Å²) < 4.78 is 4.67. The molecule has 0 saturated carbocycles. The number of halogens is 1. The Hall–Kier alpha value is 1.21. The van der Waals surface area contributed by atoms with Gasteiger partial charge in [0.25, 0.3) is 0 Å². The van der Waals surface area contributed by atoms with Gasteiger partial charge in [0.15, 0.2) is 0 Å². The SMILES string of the molecule is Cl.[CH3][Tl][CH3]. The Morgan fingerprint density at radius 2 is 1.25 bits per heavy atom. The van der Waals surface area contributed by atoms with Crippen LogP contribution in [0.3, 0.4) is 0 Å². The van der Waals surface area contributed by atoms with Crippen LogP contribution in [-0.2, 0) is 0 Å². The Morgan fingerprint density at radius 1 is 1.25 bits per heavy atom. The minimum absolute atomic E-state index is 0. The Balaban J connectivity index is 0. The second-order valence-corrected chi connectivity index (χ2v) is 5.07. The Morgan fingerprint density at radius 3 is 1.25 bits per heavy atom. The molecule has 0 amide bonds. The molecular weight excluding hydrogens is 264 g/mol. The van der Waals surface area contributed by atoms with Crippen molar-refractivity contribution in [2.45, 2.75) is 8.97 Å². The first-order valence-corrected chi connectivity index (χ1v) is 10.1. The van der Waals surface area contributed by atoms with Crippen LogP contribution in [0.1, 0.15) is 0 Å². The van der Waals surface area contributed by atoms with Crippen molar-refractivity contribution in [3.05, 3.63) is 0 Å². The van der Waals surface area contributed by atoms with Crippen LogP contribution in [0, 0.1) is 0 Å². The first-order chi connectivity index (χ1) is 1.41. The summed E-state index contributed by atoms with van der Waals surface area (Å²) in [7, 11) is 0. The number of rotatable bonds is 0. The van der Waals surface area contributed by atoms with E-state index in [4.69, 9.17) is 0 Å². The second kappa shape index (κ2) is 8.88. The molecule has 0 aliphatic rings. The van der Waals surface area contributed by atoms with E-state index in [0.717, 1.165) is 0 Å². The van der Waals surface area contributed by atoms with E-state index in [1.165, 1.54) is 0 Å². The van der Waals surface area contributed by atoms with Crippen molar-refractivity contribution in [1.29, 1.82) is 0 Å². The first kappa shape index (κ1) is 8.96. The monoisotopic (exact) mass is 271 g/mol. The van der Waals surface area contributed by atoms with Crippen LogP contribution in [0.5, 0.6) is 0 Å². The molecule has 0 radical (unpaired) electrons. The fraction of sp³-hybridized carbons (Fsp3) is 1.00. The normalized spacial score (nSPS) is 2.50. The van der Waals surface area contributed by atoms with Gasteiger partial charge in [-0.05, 0) is 0 Å². The predicted octanol–water partition coefficient (Wildman–Crippen LogP) is 1.21. The van der Waals surface area contributed by atoms with Crippen molar-refractivity contribution in [1.82, 2.24) is 0 Å². The second-order valence-electron chi connectivity index (χ2n) is 0.577. The molecule has 0 aromatic heterocycles. The maximum atomic E-state index is 2.33. The predicted molar refractivity (Wildman–Crippen MR) is 24.7 cm³/mol. The molecule has 0 spiro atoms. The molecule has 0 N–H and O–H groups in total. The van der Waals surface area contributed by atoms with E-state index < -0.39 is 0 Å². The quantitative estimate of drug-likeness (QED) is 0.581. The average Bonchev–Trinajstić information content (AvgIpc) is 0.918. The van der Waals surface area contributed by atoms with Crippen molar-refractivity contribution >= 4 is 36.6 Å². The molecule has 25 valence electrons. The van der Waals surface area contributed by atoms with E-state index in [2.05, 4.69) is 8.97 Å². The van der Waals surface area contributed by atoms with Gasteiger partial charge >= 0.3 is 33.2 Å². The van der Waals surface area contributed by atoms with Crippen molar-refractivity contribution < 1.29 is 0 Å². The molecule has 0 aromatic carbocycles. The summed E-state index contributed by atoms with van der Waals surface area (Å²) in [6.07, 6.45) is 0. The summed E-state index contributed by atoms with van der Waals surface area (Å²) in [6.45, 7) is 0. The topological polar surface area (TPSA) is 0 Å². The molecule has 0 heterocycles. The van der Waals surface area contributed by atoms with Crippen molar-refractivity contribution in [3.8, 4) is 0 Å². The third-order valence-electron chi connectivity index (χ3n) is 0. The van der Waals surface area contributed by atoms with Crippen LogP contribution in [0.15, 0.2) is 0 Å². The van der Waals surface area contributed by atoms with Crippen LogP contribution in [0.4, 0.5) is 0 Å². The van der Waals surface area contributed by atoms with Gasteiger partial charge in [0.05, 0.1) is 0 Å². The van der Waals surface area contributed by atoms with Crippen LogP contribution in [0.2, 0.25) is 8.97 Å². The molecule has 0 unspecified atom stereocenters. The van der Waals surface area contributed by atoms with E-state index in [0.29, 0.717) is 0 Å². The van der Waals surface area contributed by atoms with Gasteiger partial charge in [0, 0.05) is 0 Å². The van der Waals surface area contributed by atoms with Gasteiger partial charge in [-0.15, -0.1) is 12.4 Å². The van der Waals surface area contributed by atoms with Crippen LogP contribution in [-0.4, -0.2) is 24.2 Å². The molecule has 0 aliphatic heterocycles. The molecule has 0 rings (SSSR count). The number of hydrogen-bond donors (Lipinski definition) is 0. The van der Waals surface area contributed by atoms with Gasteiger partial charge in [-0.25, -0.2) is 0 Å². The van der Waals surface area contributed by atoms with Crippen molar-refractivity contribution in [2.24, 2.45) is 0 Å². The zero-order valence-electron chi connectivity index (χ0n) is 2.99. The van der Waals surface area contributed by atoms with Gasteiger partial charge in [-0.3, -0.25) is 0 Å². The summed E-state index contributed by atoms with van der Waals surface area (Å²) in [5, 5.41) is 0. The third kappa shape index (κ3) is 10.7. The van der Waals surface area contributed by atoms with E-state index >= 15 is 0 Å². The van der Waals surface area contributed by atoms with E-state index in [1.54, 1.807) is 0 Å².